The van der Waals surface area contributed by atoms with Gasteiger partial charge in [0.1, 0.15) is 4.90 Å². The summed E-state index contributed by atoms with van der Waals surface area (Å²) >= 11 is 0. The van der Waals surface area contributed by atoms with Crippen LogP contribution in [0.15, 0.2) is 41.6 Å². The van der Waals surface area contributed by atoms with E-state index in [2.05, 4.69) is 20.0 Å². The number of sulfonamides is 1. The fraction of sp³-hybridized carbons (Fsp3) is 0.286. The smallest absolute Gasteiger partial charge is 0.264 e. The maximum atomic E-state index is 12.3. The monoisotopic (exact) mass is 306 g/mol. The summed E-state index contributed by atoms with van der Waals surface area (Å²) in [5.74, 6) is 0.407. The van der Waals surface area contributed by atoms with E-state index in [-0.39, 0.29) is 4.90 Å². The molecule has 112 valence electrons. The SMILES string of the molecule is CCNc1ncc(S(=O)(=O)Nc2cccc(CC)c2)cn1. The molecule has 1 aromatic carbocycles. The highest BCUT2D eigenvalue weighted by atomic mass is 32.2. The second-order valence-electron chi connectivity index (χ2n) is 4.43. The lowest BCUT2D eigenvalue weighted by atomic mass is 10.1. The van der Waals surface area contributed by atoms with Gasteiger partial charge in [-0.2, -0.15) is 0 Å². The van der Waals surface area contributed by atoms with Crippen molar-refractivity contribution in [2.45, 2.75) is 25.2 Å². The number of aryl methyl sites for hydroxylation is 1. The summed E-state index contributed by atoms with van der Waals surface area (Å²) in [5.41, 5.74) is 1.60. The zero-order valence-corrected chi connectivity index (χ0v) is 12.8. The van der Waals surface area contributed by atoms with Crippen molar-refractivity contribution in [1.29, 1.82) is 0 Å². The maximum Gasteiger partial charge on any atom is 0.264 e. The first-order valence-electron chi connectivity index (χ1n) is 6.73. The Kier molecular flexibility index (Phi) is 4.74. The van der Waals surface area contributed by atoms with Crippen molar-refractivity contribution in [2.24, 2.45) is 0 Å². The third-order valence-corrected chi connectivity index (χ3v) is 4.20. The minimum Gasteiger partial charge on any atom is -0.355 e. The molecule has 1 heterocycles. The highest BCUT2D eigenvalue weighted by Gasteiger charge is 2.15. The first-order chi connectivity index (χ1) is 10.0. The van der Waals surface area contributed by atoms with E-state index in [1.165, 1.54) is 12.4 Å². The van der Waals surface area contributed by atoms with Gasteiger partial charge in [-0.15, -0.1) is 0 Å². The topological polar surface area (TPSA) is 84.0 Å². The average Bonchev–Trinajstić information content (AvgIpc) is 2.48. The number of anilines is 2. The molecule has 0 aliphatic heterocycles. The summed E-state index contributed by atoms with van der Waals surface area (Å²) in [4.78, 5) is 7.97. The molecule has 21 heavy (non-hydrogen) atoms. The van der Waals surface area contributed by atoms with E-state index in [1.807, 2.05) is 32.0 Å². The van der Waals surface area contributed by atoms with E-state index in [1.54, 1.807) is 6.07 Å². The molecule has 0 aliphatic rings. The Hall–Kier alpha value is -2.15. The quantitative estimate of drug-likeness (QED) is 0.855. The molecule has 0 atom stereocenters. The van der Waals surface area contributed by atoms with Crippen molar-refractivity contribution in [3.63, 3.8) is 0 Å². The lowest BCUT2D eigenvalue weighted by Gasteiger charge is -2.09. The Morgan fingerprint density at radius 3 is 2.48 bits per heavy atom. The van der Waals surface area contributed by atoms with Gasteiger partial charge in [0.15, 0.2) is 0 Å². The highest BCUT2D eigenvalue weighted by Crippen LogP contribution is 2.17. The molecule has 2 rings (SSSR count). The molecule has 0 saturated carbocycles. The molecule has 0 spiro atoms. The van der Waals surface area contributed by atoms with Crippen LogP contribution in [0.1, 0.15) is 19.4 Å². The van der Waals surface area contributed by atoms with Gasteiger partial charge in [0.25, 0.3) is 10.0 Å². The summed E-state index contributed by atoms with van der Waals surface area (Å²) in [6.07, 6.45) is 3.42. The normalized spacial score (nSPS) is 11.1. The van der Waals surface area contributed by atoms with E-state index in [9.17, 15) is 8.42 Å². The molecular weight excluding hydrogens is 288 g/mol. The van der Waals surface area contributed by atoms with Crippen LogP contribution in [0.2, 0.25) is 0 Å². The van der Waals surface area contributed by atoms with Crippen molar-refractivity contribution in [3.8, 4) is 0 Å². The molecule has 1 aromatic heterocycles. The molecule has 6 nitrogen and oxygen atoms in total. The predicted molar refractivity (Wildman–Crippen MR) is 82.8 cm³/mol. The minimum atomic E-state index is -3.67. The summed E-state index contributed by atoms with van der Waals surface area (Å²) in [7, 11) is -3.67. The minimum absolute atomic E-state index is 0.0334. The Morgan fingerprint density at radius 1 is 1.14 bits per heavy atom. The molecule has 0 unspecified atom stereocenters. The predicted octanol–water partition coefficient (Wildman–Crippen LogP) is 2.27. The molecule has 2 aromatic rings. The number of hydrogen-bond acceptors (Lipinski definition) is 5. The molecule has 0 fully saturated rings. The number of nitrogens with one attached hydrogen (secondary N) is 2. The number of nitrogens with zero attached hydrogens (tertiary/aromatic N) is 2. The van der Waals surface area contributed by atoms with Crippen LogP contribution in [0, 0.1) is 0 Å². The van der Waals surface area contributed by atoms with E-state index >= 15 is 0 Å². The van der Waals surface area contributed by atoms with Gasteiger partial charge in [-0.25, -0.2) is 18.4 Å². The van der Waals surface area contributed by atoms with Gasteiger partial charge < -0.3 is 5.32 Å². The fourth-order valence-corrected chi connectivity index (χ4v) is 2.71. The molecular formula is C14H18N4O2S. The molecule has 0 aliphatic carbocycles. The zero-order valence-electron chi connectivity index (χ0n) is 12.0. The summed E-state index contributed by atoms with van der Waals surface area (Å²) in [6.45, 7) is 4.60. The fourth-order valence-electron chi connectivity index (χ4n) is 1.77. The molecule has 0 amide bonds. The van der Waals surface area contributed by atoms with Crippen LogP contribution in [-0.4, -0.2) is 24.9 Å². The number of rotatable bonds is 6. The molecule has 2 N–H and O–H groups in total. The third kappa shape index (κ3) is 3.91. The van der Waals surface area contributed by atoms with Gasteiger partial charge in [0.05, 0.1) is 12.4 Å². The number of hydrogen-bond donors (Lipinski definition) is 2. The van der Waals surface area contributed by atoms with Crippen LogP contribution in [0.4, 0.5) is 11.6 Å². The van der Waals surface area contributed by atoms with E-state index in [0.29, 0.717) is 18.2 Å². The Bertz CT molecular complexity index is 699. The summed E-state index contributed by atoms with van der Waals surface area (Å²) < 4.78 is 27.1. The Balaban J connectivity index is 2.21. The van der Waals surface area contributed by atoms with Crippen LogP contribution in [0.25, 0.3) is 0 Å². The van der Waals surface area contributed by atoms with Crippen molar-refractivity contribution in [2.75, 3.05) is 16.6 Å². The molecule has 0 saturated heterocycles. The number of benzene rings is 1. The molecule has 0 bridgehead atoms. The van der Waals surface area contributed by atoms with Crippen LogP contribution in [0.3, 0.4) is 0 Å². The van der Waals surface area contributed by atoms with Crippen molar-refractivity contribution in [3.05, 3.63) is 42.2 Å². The van der Waals surface area contributed by atoms with Gasteiger partial charge in [0.2, 0.25) is 5.95 Å². The Morgan fingerprint density at radius 2 is 1.86 bits per heavy atom. The van der Waals surface area contributed by atoms with Crippen LogP contribution in [0.5, 0.6) is 0 Å². The highest BCUT2D eigenvalue weighted by molar-refractivity contribution is 7.92. The van der Waals surface area contributed by atoms with Gasteiger partial charge >= 0.3 is 0 Å². The van der Waals surface area contributed by atoms with Gasteiger partial charge in [-0.05, 0) is 31.0 Å². The second-order valence-corrected chi connectivity index (χ2v) is 6.11. The first-order valence-corrected chi connectivity index (χ1v) is 8.21. The standard InChI is InChI=1S/C14H18N4O2S/c1-3-11-6-5-7-12(8-11)18-21(19,20)13-9-16-14(15-4-2)17-10-13/h5-10,18H,3-4H2,1-2H3,(H,15,16,17). The van der Waals surface area contributed by atoms with E-state index in [0.717, 1.165) is 12.0 Å². The summed E-state index contributed by atoms with van der Waals surface area (Å²) in [5, 5.41) is 2.91. The second kappa shape index (κ2) is 6.53. The maximum absolute atomic E-state index is 12.3. The number of aromatic nitrogens is 2. The first kappa shape index (κ1) is 15.2. The lowest BCUT2D eigenvalue weighted by molar-refractivity contribution is 0.600. The van der Waals surface area contributed by atoms with Gasteiger partial charge in [0, 0.05) is 12.2 Å². The van der Waals surface area contributed by atoms with Crippen molar-refractivity contribution >= 4 is 21.7 Å². The average molecular weight is 306 g/mol. The van der Waals surface area contributed by atoms with Crippen molar-refractivity contribution in [1.82, 2.24) is 9.97 Å². The zero-order chi connectivity index (χ0) is 15.3. The lowest BCUT2D eigenvalue weighted by Crippen LogP contribution is -2.14. The van der Waals surface area contributed by atoms with Gasteiger partial charge in [-0.1, -0.05) is 19.1 Å². The summed E-state index contributed by atoms with van der Waals surface area (Å²) in [6, 6.07) is 7.30. The molecule has 7 heteroatoms. The molecule has 0 radical (unpaired) electrons. The van der Waals surface area contributed by atoms with Crippen LogP contribution < -0.4 is 10.0 Å². The van der Waals surface area contributed by atoms with Crippen molar-refractivity contribution < 1.29 is 8.42 Å². The van der Waals surface area contributed by atoms with Crippen LogP contribution in [-0.2, 0) is 16.4 Å². The Labute approximate surface area is 124 Å². The van der Waals surface area contributed by atoms with Crippen LogP contribution >= 0.6 is 0 Å². The largest absolute Gasteiger partial charge is 0.355 e. The van der Waals surface area contributed by atoms with E-state index in [4.69, 9.17) is 0 Å². The van der Waals surface area contributed by atoms with Gasteiger partial charge in [-0.3, -0.25) is 4.72 Å². The third-order valence-electron chi connectivity index (χ3n) is 2.86. The van der Waals surface area contributed by atoms with E-state index < -0.39 is 10.0 Å².